The number of carbonyl (C=O) groups excluding carboxylic acids is 1. The largest absolute Gasteiger partial charge is 0.323 e. The number of anilines is 1. The summed E-state index contributed by atoms with van der Waals surface area (Å²) in [6.07, 6.45) is 4.31. The van der Waals surface area contributed by atoms with Crippen molar-refractivity contribution >= 4 is 22.5 Å². The number of hydrogen-bond donors (Lipinski definition) is 1. The summed E-state index contributed by atoms with van der Waals surface area (Å²) < 4.78 is 0. The Balaban J connectivity index is 1.49. The summed E-state index contributed by atoms with van der Waals surface area (Å²) in [4.78, 5) is 18.2. The second-order valence-electron chi connectivity index (χ2n) is 5.05. The molecule has 4 rings (SSSR count). The molecular formula is C11H13N3OS. The van der Waals surface area contributed by atoms with Crippen molar-refractivity contribution in [3.8, 4) is 0 Å². The lowest BCUT2D eigenvalue weighted by Gasteiger charge is -2.26. The molecule has 4 atom stereocenters. The van der Waals surface area contributed by atoms with Gasteiger partial charge in [-0.05, 0) is 30.6 Å². The molecule has 4 nitrogen and oxygen atoms in total. The minimum absolute atomic E-state index is 0.0489. The first kappa shape index (κ1) is 8.98. The third kappa shape index (κ3) is 1.15. The van der Waals surface area contributed by atoms with Crippen LogP contribution in [0.5, 0.6) is 0 Å². The number of likely N-dealkylation sites (tertiary alicyclic amines) is 1. The van der Waals surface area contributed by atoms with Crippen LogP contribution in [-0.4, -0.2) is 28.5 Å². The van der Waals surface area contributed by atoms with Gasteiger partial charge in [0, 0.05) is 24.2 Å². The van der Waals surface area contributed by atoms with Gasteiger partial charge < -0.3 is 4.90 Å². The Kier molecular flexibility index (Phi) is 1.67. The molecule has 84 valence electrons. The Morgan fingerprint density at radius 1 is 1.50 bits per heavy atom. The molecule has 3 aliphatic rings. The fourth-order valence-corrected chi connectivity index (χ4v) is 4.04. The van der Waals surface area contributed by atoms with Crippen molar-refractivity contribution in [1.82, 2.24) is 9.88 Å². The molecule has 0 radical (unpaired) electrons. The molecule has 2 bridgehead atoms. The maximum Gasteiger partial charge on any atom is 0.323 e. The molecule has 16 heavy (non-hydrogen) atoms. The van der Waals surface area contributed by atoms with E-state index in [1.165, 1.54) is 24.2 Å². The summed E-state index contributed by atoms with van der Waals surface area (Å²) in [7, 11) is 0. The lowest BCUT2D eigenvalue weighted by atomic mass is 10.1. The molecule has 1 N–H and O–H groups in total. The number of amides is 2. The van der Waals surface area contributed by atoms with Crippen LogP contribution in [0.25, 0.3) is 0 Å². The number of nitrogens with zero attached hydrogens (tertiary/aromatic N) is 2. The first-order valence-electron chi connectivity index (χ1n) is 5.80. The average Bonchev–Trinajstić information content (AvgIpc) is 2.67. The van der Waals surface area contributed by atoms with Crippen LogP contribution >= 0.6 is 11.3 Å². The number of fused-ring (bicyclic) bond motifs is 5. The zero-order valence-electron chi connectivity index (χ0n) is 8.80. The van der Waals surface area contributed by atoms with Gasteiger partial charge in [-0.1, -0.05) is 0 Å². The Morgan fingerprint density at radius 3 is 3.12 bits per heavy atom. The molecule has 2 aliphatic carbocycles. The maximum atomic E-state index is 12.0. The van der Waals surface area contributed by atoms with Crippen molar-refractivity contribution in [2.45, 2.75) is 18.9 Å². The SMILES string of the molecule is O=C(Nc1nccs1)N1C[C@@H]2C[C@H]1[C@H]1C[C@@H]21. The smallest absolute Gasteiger partial charge is 0.321 e. The van der Waals surface area contributed by atoms with Crippen LogP contribution in [0.2, 0.25) is 0 Å². The third-order valence-electron chi connectivity index (χ3n) is 4.27. The predicted octanol–water partition coefficient (Wildman–Crippen LogP) is 2.02. The van der Waals surface area contributed by atoms with Gasteiger partial charge in [-0.15, -0.1) is 11.3 Å². The minimum Gasteiger partial charge on any atom is -0.321 e. The van der Waals surface area contributed by atoms with Crippen LogP contribution in [0.15, 0.2) is 11.6 Å². The minimum atomic E-state index is 0.0489. The van der Waals surface area contributed by atoms with Gasteiger partial charge in [0.25, 0.3) is 0 Å². The molecule has 1 saturated heterocycles. The highest BCUT2D eigenvalue weighted by molar-refractivity contribution is 7.13. The number of urea groups is 1. The molecule has 5 heteroatoms. The Morgan fingerprint density at radius 2 is 2.44 bits per heavy atom. The number of nitrogens with one attached hydrogen (secondary N) is 1. The van der Waals surface area contributed by atoms with E-state index < -0.39 is 0 Å². The summed E-state index contributed by atoms with van der Waals surface area (Å²) in [5.41, 5.74) is 0. The van der Waals surface area contributed by atoms with Gasteiger partial charge in [-0.2, -0.15) is 0 Å². The van der Waals surface area contributed by atoms with Gasteiger partial charge >= 0.3 is 6.03 Å². The third-order valence-corrected chi connectivity index (χ3v) is 4.96. The summed E-state index contributed by atoms with van der Waals surface area (Å²) in [6, 6.07) is 0.572. The first-order valence-corrected chi connectivity index (χ1v) is 6.68. The number of aromatic nitrogens is 1. The number of carbonyl (C=O) groups is 1. The molecular weight excluding hydrogens is 222 g/mol. The van der Waals surface area contributed by atoms with E-state index in [0.29, 0.717) is 11.2 Å². The van der Waals surface area contributed by atoms with Crippen LogP contribution in [0.4, 0.5) is 9.93 Å². The van der Waals surface area contributed by atoms with Crippen LogP contribution in [-0.2, 0) is 0 Å². The summed E-state index contributed by atoms with van der Waals surface area (Å²) in [5, 5.41) is 5.47. The van der Waals surface area contributed by atoms with E-state index in [1.54, 1.807) is 6.20 Å². The van der Waals surface area contributed by atoms with Crippen molar-refractivity contribution in [3.05, 3.63) is 11.6 Å². The zero-order valence-corrected chi connectivity index (χ0v) is 9.61. The number of hydrogen-bond acceptors (Lipinski definition) is 3. The molecule has 1 aromatic rings. The molecule has 1 aromatic heterocycles. The second kappa shape index (κ2) is 2.97. The van der Waals surface area contributed by atoms with Crippen molar-refractivity contribution in [1.29, 1.82) is 0 Å². The van der Waals surface area contributed by atoms with E-state index in [-0.39, 0.29) is 6.03 Å². The first-order chi connectivity index (χ1) is 7.83. The Hall–Kier alpha value is -1.10. The lowest BCUT2D eigenvalue weighted by Crippen LogP contribution is -2.41. The summed E-state index contributed by atoms with van der Waals surface area (Å²) >= 11 is 1.47. The molecule has 0 aromatic carbocycles. The summed E-state index contributed by atoms with van der Waals surface area (Å²) in [6.45, 7) is 0.961. The fraction of sp³-hybridized carbons (Fsp3) is 0.636. The van der Waals surface area contributed by atoms with Crippen molar-refractivity contribution in [3.63, 3.8) is 0 Å². The topological polar surface area (TPSA) is 45.2 Å². The van der Waals surface area contributed by atoms with Crippen molar-refractivity contribution < 1.29 is 4.79 Å². The molecule has 2 amide bonds. The lowest BCUT2D eigenvalue weighted by molar-refractivity contribution is 0.190. The molecule has 0 unspecified atom stereocenters. The van der Waals surface area contributed by atoms with E-state index in [0.717, 1.165) is 24.3 Å². The Labute approximate surface area is 97.7 Å². The molecule has 3 fully saturated rings. The van der Waals surface area contributed by atoms with Gasteiger partial charge in [0.15, 0.2) is 5.13 Å². The molecule has 1 aliphatic heterocycles. The summed E-state index contributed by atoms with van der Waals surface area (Å²) in [5.74, 6) is 2.56. The molecule has 2 heterocycles. The number of piperidine rings is 1. The standard InChI is InChI=1S/C11H13N3OS/c15-11(13-10-12-1-2-16-10)14-5-6-3-9(14)8-4-7(6)8/h1-2,6-9H,3-5H2,(H,12,13,15)/t6-,7-,8-,9-/m0/s1. The van der Waals surface area contributed by atoms with Crippen molar-refractivity contribution in [2.24, 2.45) is 17.8 Å². The Bertz CT molecular complexity index is 432. The van der Waals surface area contributed by atoms with Gasteiger partial charge in [0.05, 0.1) is 0 Å². The highest BCUT2D eigenvalue weighted by atomic mass is 32.1. The maximum absolute atomic E-state index is 12.0. The molecule has 2 saturated carbocycles. The number of rotatable bonds is 1. The number of thiazole rings is 1. The van der Waals surface area contributed by atoms with E-state index in [2.05, 4.69) is 10.3 Å². The second-order valence-corrected chi connectivity index (χ2v) is 5.94. The zero-order chi connectivity index (χ0) is 10.7. The van der Waals surface area contributed by atoms with Crippen LogP contribution in [0.3, 0.4) is 0 Å². The van der Waals surface area contributed by atoms with Gasteiger partial charge in [0.1, 0.15) is 0 Å². The van der Waals surface area contributed by atoms with Gasteiger partial charge in [0.2, 0.25) is 0 Å². The van der Waals surface area contributed by atoms with Crippen LogP contribution < -0.4 is 5.32 Å². The van der Waals surface area contributed by atoms with Gasteiger partial charge in [-0.25, -0.2) is 9.78 Å². The average molecular weight is 235 g/mol. The normalized spacial score (nSPS) is 38.6. The van der Waals surface area contributed by atoms with E-state index in [9.17, 15) is 4.79 Å². The quantitative estimate of drug-likeness (QED) is 0.809. The monoisotopic (exact) mass is 235 g/mol. The highest BCUT2D eigenvalue weighted by Crippen LogP contribution is 2.61. The van der Waals surface area contributed by atoms with Crippen LogP contribution in [0, 0.1) is 17.8 Å². The molecule has 0 spiro atoms. The van der Waals surface area contributed by atoms with E-state index in [1.807, 2.05) is 10.3 Å². The van der Waals surface area contributed by atoms with Crippen molar-refractivity contribution in [2.75, 3.05) is 11.9 Å². The van der Waals surface area contributed by atoms with Gasteiger partial charge in [-0.3, -0.25) is 5.32 Å². The fourth-order valence-electron chi connectivity index (χ4n) is 3.52. The van der Waals surface area contributed by atoms with E-state index in [4.69, 9.17) is 0 Å². The predicted molar refractivity (Wildman–Crippen MR) is 61.3 cm³/mol. The highest BCUT2D eigenvalue weighted by Gasteiger charge is 2.61. The van der Waals surface area contributed by atoms with Crippen LogP contribution in [0.1, 0.15) is 12.8 Å². The van der Waals surface area contributed by atoms with E-state index >= 15 is 0 Å².